The first-order valence-corrected chi connectivity index (χ1v) is 8.90. The second-order valence-corrected chi connectivity index (χ2v) is 7.06. The number of benzene rings is 2. The van der Waals surface area contributed by atoms with E-state index in [1.54, 1.807) is 30.4 Å². The summed E-state index contributed by atoms with van der Waals surface area (Å²) in [4.78, 5) is 23.1. The Morgan fingerprint density at radius 2 is 1.84 bits per heavy atom. The van der Waals surface area contributed by atoms with Crippen LogP contribution in [-0.2, 0) is 14.3 Å². The van der Waals surface area contributed by atoms with E-state index in [2.05, 4.69) is 31.9 Å². The van der Waals surface area contributed by atoms with Crippen LogP contribution in [0, 0.1) is 0 Å². The van der Waals surface area contributed by atoms with Crippen molar-refractivity contribution >= 4 is 55.6 Å². The molecule has 2 aromatic rings. The molecule has 1 aliphatic rings. The number of cyclic esters (lactones) is 1. The maximum absolute atomic E-state index is 12.1. The second-order valence-electron chi connectivity index (χ2n) is 5.29. The highest BCUT2D eigenvalue weighted by Crippen LogP contribution is 2.30. The molecule has 0 aromatic heterocycles. The fourth-order valence-electron chi connectivity index (χ4n) is 2.27. The average Bonchev–Trinajstić information content (AvgIpc) is 2.91. The van der Waals surface area contributed by atoms with Gasteiger partial charge in [0.1, 0.15) is 11.5 Å². The molecule has 0 fully saturated rings. The molecule has 0 atom stereocenters. The van der Waals surface area contributed by atoms with Gasteiger partial charge in [0.05, 0.1) is 10.0 Å². The third-order valence-corrected chi connectivity index (χ3v) is 4.53. The van der Waals surface area contributed by atoms with Crippen molar-refractivity contribution in [2.45, 2.75) is 6.92 Å². The van der Waals surface area contributed by atoms with E-state index in [1.807, 2.05) is 24.3 Å². The van der Waals surface area contributed by atoms with Crippen molar-refractivity contribution in [2.75, 3.05) is 0 Å². The van der Waals surface area contributed by atoms with Crippen molar-refractivity contribution in [2.24, 2.45) is 0 Å². The SMILES string of the molecule is CC(=O)Oc1ccc(/C=C2\C=C(c3ccc(Br)cc3)OC2=O)cc1Br. The second kappa shape index (κ2) is 7.37. The molecule has 0 unspecified atom stereocenters. The zero-order chi connectivity index (χ0) is 18.0. The van der Waals surface area contributed by atoms with Gasteiger partial charge in [-0.1, -0.05) is 34.1 Å². The number of esters is 2. The standard InChI is InChI=1S/C19H12Br2O4/c1-11(22)24-17-7-2-12(9-16(17)21)8-14-10-18(25-19(14)23)13-3-5-15(20)6-4-13/h2-10H,1H3/b14-8+. The molecule has 0 amide bonds. The van der Waals surface area contributed by atoms with E-state index < -0.39 is 11.9 Å². The van der Waals surface area contributed by atoms with Gasteiger partial charge in [0, 0.05) is 17.0 Å². The summed E-state index contributed by atoms with van der Waals surface area (Å²) >= 11 is 6.73. The maximum Gasteiger partial charge on any atom is 0.343 e. The number of hydrogen-bond acceptors (Lipinski definition) is 4. The molecule has 0 aliphatic carbocycles. The predicted molar refractivity (Wildman–Crippen MR) is 102 cm³/mol. The fraction of sp³-hybridized carbons (Fsp3) is 0.0526. The summed E-state index contributed by atoms with van der Waals surface area (Å²) in [6.45, 7) is 1.34. The minimum atomic E-state index is -0.405. The molecule has 0 saturated heterocycles. The lowest BCUT2D eigenvalue weighted by atomic mass is 10.1. The summed E-state index contributed by atoms with van der Waals surface area (Å²) in [7, 11) is 0. The minimum Gasteiger partial charge on any atom is -0.426 e. The van der Waals surface area contributed by atoms with Gasteiger partial charge in [-0.25, -0.2) is 4.79 Å². The van der Waals surface area contributed by atoms with Gasteiger partial charge in [-0.05, 0) is 57.9 Å². The lowest BCUT2D eigenvalue weighted by molar-refractivity contribution is -0.132. The van der Waals surface area contributed by atoms with Crippen LogP contribution in [0.15, 0.2) is 63.1 Å². The summed E-state index contributed by atoms with van der Waals surface area (Å²) in [6, 6.07) is 12.7. The van der Waals surface area contributed by atoms with Gasteiger partial charge in [0.15, 0.2) is 0 Å². The Balaban J connectivity index is 1.88. The molecular formula is C19H12Br2O4. The van der Waals surface area contributed by atoms with Gasteiger partial charge < -0.3 is 9.47 Å². The molecule has 3 rings (SSSR count). The number of carbonyl (C=O) groups is 2. The third-order valence-electron chi connectivity index (χ3n) is 3.39. The fourth-order valence-corrected chi connectivity index (χ4v) is 3.01. The normalized spacial score (nSPS) is 15.1. The molecule has 4 nitrogen and oxygen atoms in total. The van der Waals surface area contributed by atoms with Gasteiger partial charge in [-0.15, -0.1) is 0 Å². The first-order valence-electron chi connectivity index (χ1n) is 7.32. The van der Waals surface area contributed by atoms with Crippen LogP contribution in [-0.4, -0.2) is 11.9 Å². The predicted octanol–water partition coefficient (Wildman–Crippen LogP) is 5.12. The van der Waals surface area contributed by atoms with Gasteiger partial charge >= 0.3 is 11.9 Å². The Bertz CT molecular complexity index is 912. The van der Waals surface area contributed by atoms with Gasteiger partial charge in [0.25, 0.3) is 0 Å². The van der Waals surface area contributed by atoms with Crippen LogP contribution in [0.3, 0.4) is 0 Å². The number of rotatable bonds is 3. The summed E-state index contributed by atoms with van der Waals surface area (Å²) in [5.74, 6) is 0.139. The molecule has 1 heterocycles. The van der Waals surface area contributed by atoms with Gasteiger partial charge in [-0.3, -0.25) is 4.79 Å². The maximum atomic E-state index is 12.1. The molecule has 0 saturated carbocycles. The Kier molecular flexibility index (Phi) is 5.20. The highest BCUT2D eigenvalue weighted by molar-refractivity contribution is 9.10. The number of carbonyl (C=O) groups excluding carboxylic acids is 2. The van der Waals surface area contributed by atoms with E-state index in [0.717, 1.165) is 15.6 Å². The largest absolute Gasteiger partial charge is 0.426 e. The van der Waals surface area contributed by atoms with Crippen LogP contribution in [0.4, 0.5) is 0 Å². The quantitative estimate of drug-likeness (QED) is 0.360. The lowest BCUT2D eigenvalue weighted by Crippen LogP contribution is -2.02. The zero-order valence-electron chi connectivity index (χ0n) is 13.1. The van der Waals surface area contributed by atoms with E-state index in [4.69, 9.17) is 9.47 Å². The van der Waals surface area contributed by atoms with Crippen molar-refractivity contribution in [1.82, 2.24) is 0 Å². The van der Waals surface area contributed by atoms with Crippen LogP contribution in [0.5, 0.6) is 5.75 Å². The van der Waals surface area contributed by atoms with Crippen LogP contribution in [0.1, 0.15) is 18.1 Å². The Morgan fingerprint density at radius 3 is 2.48 bits per heavy atom. The number of halogens is 2. The van der Waals surface area contributed by atoms with Crippen molar-refractivity contribution in [3.8, 4) is 5.75 Å². The highest BCUT2D eigenvalue weighted by atomic mass is 79.9. The minimum absolute atomic E-state index is 0.395. The molecule has 0 N–H and O–H groups in total. The van der Waals surface area contributed by atoms with Crippen molar-refractivity contribution in [1.29, 1.82) is 0 Å². The summed E-state index contributed by atoms with van der Waals surface area (Å²) < 4.78 is 12.0. The third kappa shape index (κ3) is 4.27. The molecule has 6 heteroatoms. The average molecular weight is 464 g/mol. The van der Waals surface area contributed by atoms with Crippen LogP contribution in [0.25, 0.3) is 11.8 Å². The van der Waals surface area contributed by atoms with E-state index >= 15 is 0 Å². The number of hydrogen-bond donors (Lipinski definition) is 0. The van der Waals surface area contributed by atoms with Crippen molar-refractivity contribution in [3.05, 3.63) is 74.2 Å². The highest BCUT2D eigenvalue weighted by Gasteiger charge is 2.22. The van der Waals surface area contributed by atoms with E-state index in [1.165, 1.54) is 6.92 Å². The topological polar surface area (TPSA) is 52.6 Å². The summed E-state index contributed by atoms with van der Waals surface area (Å²) in [6.07, 6.45) is 3.43. The monoisotopic (exact) mass is 462 g/mol. The first-order chi connectivity index (χ1) is 11.9. The molecular weight excluding hydrogens is 452 g/mol. The first kappa shape index (κ1) is 17.6. The molecule has 25 heavy (non-hydrogen) atoms. The van der Waals surface area contributed by atoms with Crippen LogP contribution < -0.4 is 4.74 Å². The Morgan fingerprint density at radius 1 is 1.12 bits per heavy atom. The van der Waals surface area contributed by atoms with Gasteiger partial charge in [0.2, 0.25) is 0 Å². The molecule has 0 spiro atoms. The molecule has 0 radical (unpaired) electrons. The van der Waals surface area contributed by atoms with E-state index in [9.17, 15) is 9.59 Å². The molecule has 1 aliphatic heterocycles. The number of ether oxygens (including phenoxy) is 2. The molecule has 0 bridgehead atoms. The van der Waals surface area contributed by atoms with Crippen LogP contribution >= 0.6 is 31.9 Å². The van der Waals surface area contributed by atoms with E-state index in [0.29, 0.717) is 21.6 Å². The molecule has 2 aromatic carbocycles. The Hall–Kier alpha value is -2.18. The smallest absolute Gasteiger partial charge is 0.343 e. The lowest BCUT2D eigenvalue weighted by Gasteiger charge is -2.04. The van der Waals surface area contributed by atoms with E-state index in [-0.39, 0.29) is 0 Å². The van der Waals surface area contributed by atoms with Gasteiger partial charge in [-0.2, -0.15) is 0 Å². The zero-order valence-corrected chi connectivity index (χ0v) is 16.3. The van der Waals surface area contributed by atoms with Crippen molar-refractivity contribution in [3.63, 3.8) is 0 Å². The summed E-state index contributed by atoms with van der Waals surface area (Å²) in [5, 5.41) is 0. The summed E-state index contributed by atoms with van der Waals surface area (Å²) in [5.41, 5.74) is 2.06. The Labute approximate surface area is 161 Å². The molecule has 126 valence electrons. The van der Waals surface area contributed by atoms with Crippen LogP contribution in [0.2, 0.25) is 0 Å². The van der Waals surface area contributed by atoms with Crippen molar-refractivity contribution < 1.29 is 19.1 Å².